The molecule has 0 fully saturated rings. The van der Waals surface area contributed by atoms with Gasteiger partial charge in [0.05, 0.1) is 0 Å². The van der Waals surface area contributed by atoms with E-state index in [1.807, 2.05) is 41.1 Å². The first-order valence-corrected chi connectivity index (χ1v) is 5.04. The Kier molecular flexibility index (Phi) is 2.88. The molecule has 2 nitrogen and oxygen atoms in total. The number of aromatic hydroxyl groups is 1. The summed E-state index contributed by atoms with van der Waals surface area (Å²) in [6.07, 6.45) is 3.60. The van der Waals surface area contributed by atoms with Crippen LogP contribution in [-0.2, 0) is 6.54 Å². The third-order valence-corrected chi connectivity index (χ3v) is 2.37. The quantitative estimate of drug-likeness (QED) is 0.773. The van der Waals surface area contributed by atoms with Gasteiger partial charge in [-0.25, -0.2) is 0 Å². The summed E-state index contributed by atoms with van der Waals surface area (Å²) >= 11 is 5.79. The van der Waals surface area contributed by atoms with Crippen molar-refractivity contribution in [1.29, 1.82) is 0 Å². The summed E-state index contributed by atoms with van der Waals surface area (Å²) in [6, 6.07) is 11.1. The fourth-order valence-corrected chi connectivity index (χ4v) is 1.53. The minimum atomic E-state index is 0.270. The molecular weight excluding hydrogens is 210 g/mol. The molecule has 0 aliphatic carbocycles. The predicted molar refractivity (Wildman–Crippen MR) is 58.9 cm³/mol. The number of hydrogen-bond donors (Lipinski definition) is 1. The average molecular weight is 221 g/mol. The summed E-state index contributed by atoms with van der Waals surface area (Å²) in [5.74, 6) is 0.270. The Labute approximate surface area is 93.4 Å². The lowest BCUT2D eigenvalue weighted by atomic mass is 10.2. The van der Waals surface area contributed by atoms with Crippen LogP contribution in [0, 0.1) is 0 Å². The number of aromatic nitrogens is 1. The van der Waals surface area contributed by atoms with E-state index >= 15 is 0 Å². The largest absolute Gasteiger partial charge is 0.503 e. The molecule has 0 saturated carbocycles. The van der Waals surface area contributed by atoms with Gasteiger partial charge in [0.1, 0.15) is 0 Å². The molecule has 76 valence electrons. The highest BCUT2D eigenvalue weighted by Gasteiger charge is 2.03. The van der Waals surface area contributed by atoms with Gasteiger partial charge < -0.3 is 5.11 Å². The maximum Gasteiger partial charge on any atom is 0.211 e. The van der Waals surface area contributed by atoms with E-state index in [4.69, 9.17) is 11.6 Å². The van der Waals surface area contributed by atoms with Gasteiger partial charge >= 0.3 is 0 Å². The lowest BCUT2D eigenvalue weighted by Crippen LogP contribution is -2.32. The van der Waals surface area contributed by atoms with E-state index in [-0.39, 0.29) is 5.75 Å². The molecule has 2 aromatic rings. The van der Waals surface area contributed by atoms with Crippen molar-refractivity contribution >= 4 is 11.6 Å². The summed E-state index contributed by atoms with van der Waals surface area (Å²) in [6.45, 7) is 0.728. The van der Waals surface area contributed by atoms with Crippen LogP contribution in [0.5, 0.6) is 5.75 Å². The summed E-state index contributed by atoms with van der Waals surface area (Å²) in [7, 11) is 0. The Hall–Kier alpha value is -1.54. The predicted octanol–water partition coefficient (Wildman–Crippen LogP) is 2.38. The molecule has 0 radical (unpaired) electrons. The molecule has 1 aromatic heterocycles. The van der Waals surface area contributed by atoms with Crippen LogP contribution in [0.1, 0.15) is 5.56 Å². The first-order valence-electron chi connectivity index (χ1n) is 4.66. The van der Waals surface area contributed by atoms with Crippen molar-refractivity contribution in [2.45, 2.75) is 6.54 Å². The van der Waals surface area contributed by atoms with E-state index in [0.29, 0.717) is 0 Å². The average Bonchev–Trinajstić information content (AvgIpc) is 2.22. The van der Waals surface area contributed by atoms with Crippen molar-refractivity contribution in [3.63, 3.8) is 0 Å². The smallest absolute Gasteiger partial charge is 0.211 e. The number of pyridine rings is 1. The SMILES string of the molecule is Oc1ccc[n+](Cc2ccc(Cl)cc2)c1. The Balaban J connectivity index is 2.18. The molecule has 1 aromatic carbocycles. The maximum absolute atomic E-state index is 9.29. The van der Waals surface area contributed by atoms with E-state index in [9.17, 15) is 5.11 Å². The van der Waals surface area contributed by atoms with Gasteiger partial charge in [-0.3, -0.25) is 0 Å². The molecule has 0 aliphatic heterocycles. The van der Waals surface area contributed by atoms with Crippen molar-refractivity contribution in [3.05, 3.63) is 59.4 Å². The van der Waals surface area contributed by atoms with Crippen LogP contribution in [-0.4, -0.2) is 5.11 Å². The van der Waals surface area contributed by atoms with Gasteiger partial charge in [-0.05, 0) is 18.2 Å². The van der Waals surface area contributed by atoms with Gasteiger partial charge in [0.15, 0.2) is 18.5 Å². The highest BCUT2D eigenvalue weighted by molar-refractivity contribution is 6.30. The Bertz CT molecular complexity index is 453. The lowest BCUT2D eigenvalue weighted by molar-refractivity contribution is -0.688. The standard InChI is InChI=1S/C12H10ClNO/c13-11-5-3-10(4-6-11)8-14-7-1-2-12(15)9-14/h1-7,9H,8H2/p+1. The Morgan fingerprint density at radius 3 is 2.53 bits per heavy atom. The maximum atomic E-state index is 9.29. The van der Waals surface area contributed by atoms with Crippen LogP contribution >= 0.6 is 11.6 Å². The van der Waals surface area contributed by atoms with Crippen LogP contribution < -0.4 is 4.57 Å². The molecule has 3 heteroatoms. The minimum Gasteiger partial charge on any atom is -0.503 e. The fraction of sp³-hybridized carbons (Fsp3) is 0.0833. The summed E-state index contributed by atoms with van der Waals surface area (Å²) < 4.78 is 1.92. The third-order valence-electron chi connectivity index (χ3n) is 2.12. The van der Waals surface area contributed by atoms with Gasteiger partial charge in [0.25, 0.3) is 0 Å². The van der Waals surface area contributed by atoms with Gasteiger partial charge in [-0.2, -0.15) is 4.57 Å². The van der Waals surface area contributed by atoms with Gasteiger partial charge in [0.2, 0.25) is 6.20 Å². The van der Waals surface area contributed by atoms with Gasteiger partial charge in [-0.15, -0.1) is 0 Å². The molecule has 0 unspecified atom stereocenters. The Morgan fingerprint density at radius 1 is 1.13 bits per heavy atom. The minimum absolute atomic E-state index is 0.270. The van der Waals surface area contributed by atoms with E-state index in [1.54, 1.807) is 12.3 Å². The lowest BCUT2D eigenvalue weighted by Gasteiger charge is -1.98. The van der Waals surface area contributed by atoms with Gasteiger partial charge in [0, 0.05) is 16.7 Å². The molecule has 0 bridgehead atoms. The zero-order valence-corrected chi connectivity index (χ0v) is 8.85. The molecule has 0 spiro atoms. The van der Waals surface area contributed by atoms with E-state index < -0.39 is 0 Å². The molecule has 0 atom stereocenters. The van der Waals surface area contributed by atoms with Crippen LogP contribution in [0.15, 0.2) is 48.8 Å². The highest BCUT2D eigenvalue weighted by atomic mass is 35.5. The molecule has 2 rings (SSSR count). The van der Waals surface area contributed by atoms with Crippen molar-refractivity contribution < 1.29 is 9.67 Å². The summed E-state index contributed by atoms with van der Waals surface area (Å²) in [4.78, 5) is 0. The molecule has 1 heterocycles. The van der Waals surface area contributed by atoms with Crippen molar-refractivity contribution in [3.8, 4) is 5.75 Å². The molecule has 1 N–H and O–H groups in total. The number of rotatable bonds is 2. The summed E-state index contributed by atoms with van der Waals surface area (Å²) in [5.41, 5.74) is 1.15. The molecule has 15 heavy (non-hydrogen) atoms. The normalized spacial score (nSPS) is 10.2. The number of benzene rings is 1. The van der Waals surface area contributed by atoms with Crippen molar-refractivity contribution in [2.24, 2.45) is 0 Å². The number of nitrogens with zero attached hydrogens (tertiary/aromatic N) is 1. The zero-order chi connectivity index (χ0) is 10.7. The third kappa shape index (κ3) is 2.70. The monoisotopic (exact) mass is 220 g/mol. The van der Waals surface area contributed by atoms with Crippen LogP contribution in [0.4, 0.5) is 0 Å². The van der Waals surface area contributed by atoms with Crippen molar-refractivity contribution in [2.75, 3.05) is 0 Å². The van der Waals surface area contributed by atoms with Crippen LogP contribution in [0.25, 0.3) is 0 Å². The number of halogens is 1. The molecular formula is C12H11ClNO+. The molecule has 0 aliphatic rings. The summed E-state index contributed by atoms with van der Waals surface area (Å²) in [5, 5.41) is 10.0. The first kappa shape index (κ1) is 9.99. The van der Waals surface area contributed by atoms with E-state index in [1.165, 1.54) is 0 Å². The second-order valence-corrected chi connectivity index (χ2v) is 3.80. The topological polar surface area (TPSA) is 24.1 Å². The van der Waals surface area contributed by atoms with E-state index in [0.717, 1.165) is 17.1 Å². The Morgan fingerprint density at radius 2 is 1.87 bits per heavy atom. The first-order chi connectivity index (χ1) is 7.24. The zero-order valence-electron chi connectivity index (χ0n) is 8.10. The van der Waals surface area contributed by atoms with E-state index in [2.05, 4.69) is 0 Å². The molecule has 0 saturated heterocycles. The second-order valence-electron chi connectivity index (χ2n) is 3.36. The van der Waals surface area contributed by atoms with Crippen LogP contribution in [0.2, 0.25) is 5.02 Å². The molecule has 0 amide bonds. The highest BCUT2D eigenvalue weighted by Crippen LogP contribution is 2.09. The van der Waals surface area contributed by atoms with Gasteiger partial charge in [-0.1, -0.05) is 23.7 Å². The van der Waals surface area contributed by atoms with Crippen molar-refractivity contribution in [1.82, 2.24) is 0 Å². The number of hydrogen-bond acceptors (Lipinski definition) is 1. The fourth-order valence-electron chi connectivity index (χ4n) is 1.41. The second kappa shape index (κ2) is 4.32. The van der Waals surface area contributed by atoms with Crippen LogP contribution in [0.3, 0.4) is 0 Å².